The van der Waals surface area contributed by atoms with Gasteiger partial charge in [-0.1, -0.05) is 65.9 Å². The number of hydrogen-bond acceptors (Lipinski definition) is 6. The predicted molar refractivity (Wildman–Crippen MR) is 134 cm³/mol. The Morgan fingerprint density at radius 2 is 1.45 bits per heavy atom. The van der Waals surface area contributed by atoms with Crippen molar-refractivity contribution in [1.29, 1.82) is 0 Å². The fraction of sp³-hybridized carbons (Fsp3) is 0. The van der Waals surface area contributed by atoms with E-state index < -0.39 is 4.92 Å². The molecule has 0 aliphatic heterocycles. The second-order valence-electron chi connectivity index (χ2n) is 7.25. The molecule has 0 atom stereocenters. The van der Waals surface area contributed by atoms with Gasteiger partial charge in [0.05, 0.1) is 16.3 Å². The van der Waals surface area contributed by atoms with Gasteiger partial charge in [0.25, 0.3) is 5.69 Å². The number of rotatable bonds is 6. The number of anilines is 3. The second-order valence-corrected chi connectivity index (χ2v) is 8.30. The van der Waals surface area contributed by atoms with E-state index >= 15 is 0 Å². The van der Waals surface area contributed by atoms with Gasteiger partial charge in [0.2, 0.25) is 0 Å². The van der Waals surface area contributed by atoms with Crippen molar-refractivity contribution in [3.05, 3.63) is 119 Å². The molecule has 0 saturated heterocycles. The molecule has 160 valence electrons. The first kappa shape index (κ1) is 20.5. The van der Waals surface area contributed by atoms with E-state index in [9.17, 15) is 10.1 Å². The number of fused-ring (bicyclic) bond motifs is 1. The zero-order valence-electron chi connectivity index (χ0n) is 17.4. The number of non-ortho nitro benzene ring substituents is 1. The van der Waals surface area contributed by atoms with Gasteiger partial charge in [-0.15, -0.1) is 10.2 Å². The molecule has 0 aliphatic carbocycles. The largest absolute Gasteiger partial charge is 0.301 e. The van der Waals surface area contributed by atoms with E-state index in [0.717, 1.165) is 26.8 Å². The molecule has 0 unspecified atom stereocenters. The number of nitrogens with zero attached hydrogens (tertiary/aromatic N) is 4. The molecule has 1 heterocycles. The number of para-hydroxylation sites is 1. The third-order valence-electron chi connectivity index (χ3n) is 5.14. The standard InChI is InChI=1S/C26H18N4O2S/c31-30(32)22-15-13-20(14-16-22)27-28-25-17-18-26(33-25)29(21-9-2-1-3-10-21)24-12-6-8-19-7-4-5-11-23(19)24/h1-18H. The molecule has 7 heteroatoms. The first-order valence-corrected chi connectivity index (χ1v) is 11.1. The van der Waals surface area contributed by atoms with Crippen molar-refractivity contribution < 1.29 is 4.92 Å². The van der Waals surface area contributed by atoms with Crippen molar-refractivity contribution in [2.75, 3.05) is 4.90 Å². The highest BCUT2D eigenvalue weighted by Crippen LogP contribution is 2.43. The molecule has 0 amide bonds. The molecule has 0 radical (unpaired) electrons. The quantitative estimate of drug-likeness (QED) is 0.147. The van der Waals surface area contributed by atoms with Crippen molar-refractivity contribution in [3.8, 4) is 0 Å². The van der Waals surface area contributed by atoms with Crippen LogP contribution in [-0.4, -0.2) is 4.92 Å². The molecular formula is C26H18N4O2S. The van der Waals surface area contributed by atoms with Crippen molar-refractivity contribution in [2.24, 2.45) is 10.2 Å². The Balaban J connectivity index is 1.52. The Morgan fingerprint density at radius 3 is 2.24 bits per heavy atom. The number of thiophene rings is 1. The van der Waals surface area contributed by atoms with Crippen LogP contribution in [0.15, 0.2) is 119 Å². The molecule has 0 spiro atoms. The summed E-state index contributed by atoms with van der Waals surface area (Å²) in [7, 11) is 0. The number of nitro groups is 1. The number of nitro benzene ring substituents is 1. The lowest BCUT2D eigenvalue weighted by Gasteiger charge is -2.25. The smallest absolute Gasteiger partial charge is 0.269 e. The molecule has 0 saturated carbocycles. The highest BCUT2D eigenvalue weighted by molar-refractivity contribution is 7.19. The van der Waals surface area contributed by atoms with E-state index in [2.05, 4.69) is 57.6 Å². The Kier molecular flexibility index (Phi) is 5.61. The summed E-state index contributed by atoms with van der Waals surface area (Å²) in [6.07, 6.45) is 0. The van der Waals surface area contributed by atoms with Crippen LogP contribution in [0.25, 0.3) is 10.8 Å². The molecule has 0 fully saturated rings. The van der Waals surface area contributed by atoms with E-state index in [-0.39, 0.29) is 5.69 Å². The lowest BCUT2D eigenvalue weighted by molar-refractivity contribution is -0.384. The van der Waals surface area contributed by atoms with E-state index in [1.54, 1.807) is 12.1 Å². The van der Waals surface area contributed by atoms with Crippen LogP contribution in [-0.2, 0) is 0 Å². The van der Waals surface area contributed by atoms with Gasteiger partial charge < -0.3 is 4.90 Å². The highest BCUT2D eigenvalue weighted by atomic mass is 32.1. The van der Waals surface area contributed by atoms with Crippen LogP contribution in [0.1, 0.15) is 0 Å². The Bertz CT molecular complexity index is 1440. The van der Waals surface area contributed by atoms with Gasteiger partial charge in [0, 0.05) is 23.2 Å². The zero-order valence-corrected chi connectivity index (χ0v) is 18.2. The highest BCUT2D eigenvalue weighted by Gasteiger charge is 2.16. The van der Waals surface area contributed by atoms with Gasteiger partial charge >= 0.3 is 0 Å². The lowest BCUT2D eigenvalue weighted by atomic mass is 10.1. The van der Waals surface area contributed by atoms with E-state index in [0.29, 0.717) is 5.69 Å². The van der Waals surface area contributed by atoms with Crippen molar-refractivity contribution in [2.45, 2.75) is 0 Å². The number of hydrogen-bond donors (Lipinski definition) is 0. The monoisotopic (exact) mass is 450 g/mol. The molecule has 0 N–H and O–H groups in total. The van der Waals surface area contributed by atoms with Crippen LogP contribution >= 0.6 is 11.3 Å². The fourth-order valence-electron chi connectivity index (χ4n) is 3.61. The van der Waals surface area contributed by atoms with Crippen LogP contribution in [0.2, 0.25) is 0 Å². The van der Waals surface area contributed by atoms with Crippen molar-refractivity contribution >= 4 is 54.9 Å². The molecule has 5 rings (SSSR count). The predicted octanol–water partition coefficient (Wildman–Crippen LogP) is 8.69. The maximum Gasteiger partial charge on any atom is 0.269 e. The van der Waals surface area contributed by atoms with Crippen LogP contribution in [0, 0.1) is 10.1 Å². The van der Waals surface area contributed by atoms with E-state index in [1.807, 2.05) is 42.5 Å². The molecule has 1 aromatic heterocycles. The normalized spacial score (nSPS) is 11.2. The molecule has 33 heavy (non-hydrogen) atoms. The van der Waals surface area contributed by atoms with Crippen LogP contribution < -0.4 is 4.90 Å². The molecule has 0 bridgehead atoms. The maximum absolute atomic E-state index is 10.8. The Hall–Kier alpha value is -4.36. The summed E-state index contributed by atoms with van der Waals surface area (Å²) in [5, 5.41) is 23.5. The second kappa shape index (κ2) is 9.02. The third-order valence-corrected chi connectivity index (χ3v) is 6.10. The lowest BCUT2D eigenvalue weighted by Crippen LogP contribution is -2.08. The van der Waals surface area contributed by atoms with Gasteiger partial charge in [-0.25, -0.2) is 0 Å². The molecule has 6 nitrogen and oxygen atoms in total. The van der Waals surface area contributed by atoms with Crippen molar-refractivity contribution in [1.82, 2.24) is 0 Å². The van der Waals surface area contributed by atoms with Gasteiger partial charge in [0.15, 0.2) is 0 Å². The van der Waals surface area contributed by atoms with E-state index in [4.69, 9.17) is 0 Å². The average molecular weight is 451 g/mol. The number of azo groups is 1. The summed E-state index contributed by atoms with van der Waals surface area (Å²) < 4.78 is 0. The molecule has 4 aromatic carbocycles. The zero-order chi connectivity index (χ0) is 22.6. The van der Waals surface area contributed by atoms with Gasteiger partial charge in [-0.05, 0) is 47.9 Å². The summed E-state index contributed by atoms with van der Waals surface area (Å²) in [6, 6.07) is 34.8. The SMILES string of the molecule is O=[N+]([O-])c1ccc(N=Nc2ccc(N(c3ccccc3)c3cccc4ccccc34)s2)cc1. The van der Waals surface area contributed by atoms with Crippen LogP contribution in [0.3, 0.4) is 0 Å². The minimum absolute atomic E-state index is 0.0287. The van der Waals surface area contributed by atoms with Crippen molar-refractivity contribution in [3.63, 3.8) is 0 Å². The van der Waals surface area contributed by atoms with Gasteiger partial charge in [-0.2, -0.15) is 0 Å². The maximum atomic E-state index is 10.8. The summed E-state index contributed by atoms with van der Waals surface area (Å²) in [4.78, 5) is 12.6. The summed E-state index contributed by atoms with van der Waals surface area (Å²) in [5.74, 6) is 0. The first-order chi connectivity index (χ1) is 16.2. The Morgan fingerprint density at radius 1 is 0.727 bits per heavy atom. The summed E-state index contributed by atoms with van der Waals surface area (Å²) >= 11 is 1.52. The topological polar surface area (TPSA) is 71.1 Å². The summed E-state index contributed by atoms with van der Waals surface area (Å²) in [5.41, 5.74) is 2.72. The van der Waals surface area contributed by atoms with Gasteiger partial charge in [0.1, 0.15) is 10.0 Å². The average Bonchev–Trinajstić information content (AvgIpc) is 3.32. The summed E-state index contributed by atoms with van der Waals surface area (Å²) in [6.45, 7) is 0. The molecule has 5 aromatic rings. The first-order valence-electron chi connectivity index (χ1n) is 10.3. The van der Waals surface area contributed by atoms with Crippen LogP contribution in [0.5, 0.6) is 0 Å². The fourth-order valence-corrected chi connectivity index (χ4v) is 4.47. The number of benzene rings is 4. The van der Waals surface area contributed by atoms with Gasteiger partial charge in [-0.3, -0.25) is 10.1 Å². The van der Waals surface area contributed by atoms with Crippen LogP contribution in [0.4, 0.5) is 32.8 Å². The molecule has 0 aliphatic rings. The minimum Gasteiger partial charge on any atom is -0.301 e. The Labute approximate surface area is 194 Å². The molecular weight excluding hydrogens is 432 g/mol. The van der Waals surface area contributed by atoms with E-state index in [1.165, 1.54) is 28.9 Å². The minimum atomic E-state index is -0.433. The third kappa shape index (κ3) is 4.35.